The summed E-state index contributed by atoms with van der Waals surface area (Å²) >= 11 is 0. The zero-order chi connectivity index (χ0) is 13.0. The van der Waals surface area contributed by atoms with Crippen LogP contribution in [-0.4, -0.2) is 30.9 Å². The number of carbonyl (C=O) groups is 1. The lowest BCUT2D eigenvalue weighted by Gasteiger charge is -2.38. The normalized spacial score (nSPS) is 41.9. The van der Waals surface area contributed by atoms with E-state index in [2.05, 4.69) is 0 Å². The lowest BCUT2D eigenvalue weighted by atomic mass is 9.71. The molecule has 3 aliphatic rings. The molecule has 0 radical (unpaired) electrons. The summed E-state index contributed by atoms with van der Waals surface area (Å²) in [4.78, 5) is 12.6. The van der Waals surface area contributed by atoms with Crippen LogP contribution in [0.25, 0.3) is 0 Å². The number of ether oxygens (including phenoxy) is 3. The van der Waals surface area contributed by atoms with Gasteiger partial charge in [-0.1, -0.05) is 0 Å². The number of fused-ring (bicyclic) bond motifs is 1. The fourth-order valence-corrected chi connectivity index (χ4v) is 3.79. The van der Waals surface area contributed by atoms with Crippen LogP contribution in [0.3, 0.4) is 0 Å². The van der Waals surface area contributed by atoms with Crippen molar-refractivity contribution in [3.05, 3.63) is 11.8 Å². The quantitative estimate of drug-likeness (QED) is 0.717. The maximum atomic E-state index is 12.6. The van der Waals surface area contributed by atoms with E-state index in [0.29, 0.717) is 18.8 Å². The minimum Gasteiger partial charge on any atom is -0.493 e. The third-order valence-corrected chi connectivity index (χ3v) is 4.66. The van der Waals surface area contributed by atoms with Gasteiger partial charge in [0.2, 0.25) is 5.78 Å². The van der Waals surface area contributed by atoms with E-state index in [9.17, 15) is 4.79 Å². The molecule has 0 aromatic heterocycles. The van der Waals surface area contributed by atoms with Gasteiger partial charge in [-0.25, -0.2) is 0 Å². The molecule has 4 nitrogen and oxygen atoms in total. The Labute approximate surface area is 107 Å². The zero-order valence-corrected chi connectivity index (χ0v) is 11.2. The van der Waals surface area contributed by atoms with Gasteiger partial charge in [0.1, 0.15) is 5.60 Å². The van der Waals surface area contributed by atoms with Crippen molar-refractivity contribution in [2.75, 3.05) is 13.7 Å². The van der Waals surface area contributed by atoms with E-state index >= 15 is 0 Å². The van der Waals surface area contributed by atoms with Crippen LogP contribution in [-0.2, 0) is 19.0 Å². The van der Waals surface area contributed by atoms with Crippen molar-refractivity contribution < 1.29 is 19.0 Å². The van der Waals surface area contributed by atoms with Gasteiger partial charge in [-0.05, 0) is 45.6 Å². The average molecular weight is 252 g/mol. The average Bonchev–Trinajstić information content (AvgIpc) is 2.92. The molecule has 100 valence electrons. The van der Waals surface area contributed by atoms with Crippen LogP contribution in [0.2, 0.25) is 0 Å². The molecule has 0 amide bonds. The molecule has 1 saturated heterocycles. The summed E-state index contributed by atoms with van der Waals surface area (Å²) in [6.07, 6.45) is 5.40. The van der Waals surface area contributed by atoms with Crippen molar-refractivity contribution in [3.8, 4) is 0 Å². The molecule has 1 heterocycles. The smallest absolute Gasteiger partial charge is 0.206 e. The van der Waals surface area contributed by atoms with E-state index in [1.165, 1.54) is 0 Å². The molecule has 2 fully saturated rings. The first-order valence-corrected chi connectivity index (χ1v) is 6.58. The maximum absolute atomic E-state index is 12.6. The van der Waals surface area contributed by atoms with E-state index in [1.807, 2.05) is 19.9 Å². The van der Waals surface area contributed by atoms with E-state index < -0.39 is 16.8 Å². The van der Waals surface area contributed by atoms with Crippen molar-refractivity contribution in [2.45, 2.75) is 50.9 Å². The molecule has 2 spiro atoms. The van der Waals surface area contributed by atoms with Gasteiger partial charge in [0.05, 0.1) is 19.1 Å². The van der Waals surface area contributed by atoms with Gasteiger partial charge >= 0.3 is 0 Å². The van der Waals surface area contributed by atoms with Crippen molar-refractivity contribution >= 4 is 5.78 Å². The molecular weight excluding hydrogens is 232 g/mol. The SMILES string of the molecule is COC1=CC[C@]2(CCC[C@]23COC(C)(C)O3)C1=O. The van der Waals surface area contributed by atoms with Crippen molar-refractivity contribution in [2.24, 2.45) is 5.41 Å². The Morgan fingerprint density at radius 3 is 2.67 bits per heavy atom. The highest BCUT2D eigenvalue weighted by molar-refractivity contribution is 6.02. The standard InChI is InChI=1S/C14H20O4/c1-12(2)17-9-14(18-12)7-4-6-13(14)8-5-10(16-3)11(13)15/h5H,4,6-9H2,1-3H3/t13-,14+/m1/s1. The highest BCUT2D eigenvalue weighted by atomic mass is 16.8. The number of Topliss-reactive ketones (excluding diaryl/α,β-unsaturated/α-hetero) is 1. The van der Waals surface area contributed by atoms with E-state index in [4.69, 9.17) is 14.2 Å². The number of ketones is 1. The summed E-state index contributed by atoms with van der Waals surface area (Å²) in [5.41, 5.74) is -0.906. The predicted octanol–water partition coefficient (Wildman–Crippen LogP) is 2.18. The summed E-state index contributed by atoms with van der Waals surface area (Å²) in [5, 5.41) is 0. The van der Waals surface area contributed by atoms with Gasteiger partial charge in [0.15, 0.2) is 11.5 Å². The molecule has 0 N–H and O–H groups in total. The molecule has 1 aliphatic heterocycles. The first-order valence-electron chi connectivity index (χ1n) is 6.58. The van der Waals surface area contributed by atoms with Crippen LogP contribution in [0.1, 0.15) is 39.5 Å². The van der Waals surface area contributed by atoms with Crippen molar-refractivity contribution in [1.82, 2.24) is 0 Å². The number of rotatable bonds is 1. The van der Waals surface area contributed by atoms with Crippen LogP contribution in [0, 0.1) is 5.41 Å². The van der Waals surface area contributed by atoms with Gasteiger partial charge in [0, 0.05) is 0 Å². The molecule has 2 aliphatic carbocycles. The first kappa shape index (κ1) is 12.2. The fourth-order valence-electron chi connectivity index (χ4n) is 3.79. The molecule has 2 atom stereocenters. The Bertz CT molecular complexity index is 426. The maximum Gasteiger partial charge on any atom is 0.206 e. The molecule has 3 rings (SSSR count). The largest absolute Gasteiger partial charge is 0.493 e. The van der Waals surface area contributed by atoms with Crippen molar-refractivity contribution in [1.29, 1.82) is 0 Å². The Morgan fingerprint density at radius 1 is 1.33 bits per heavy atom. The van der Waals surface area contributed by atoms with E-state index in [1.54, 1.807) is 7.11 Å². The second kappa shape index (κ2) is 3.58. The Balaban J connectivity index is 1.96. The minimum absolute atomic E-state index is 0.101. The molecular formula is C14H20O4. The number of hydrogen-bond donors (Lipinski definition) is 0. The van der Waals surface area contributed by atoms with Gasteiger partial charge in [-0.15, -0.1) is 0 Å². The predicted molar refractivity (Wildman–Crippen MR) is 64.8 cm³/mol. The molecule has 1 saturated carbocycles. The number of methoxy groups -OCH3 is 1. The topological polar surface area (TPSA) is 44.8 Å². The van der Waals surface area contributed by atoms with Crippen LogP contribution < -0.4 is 0 Å². The van der Waals surface area contributed by atoms with Crippen LogP contribution in [0.15, 0.2) is 11.8 Å². The molecule has 0 aromatic rings. The lowest BCUT2D eigenvalue weighted by Crippen LogP contribution is -2.50. The second-order valence-electron chi connectivity index (χ2n) is 6.03. The van der Waals surface area contributed by atoms with Crippen LogP contribution in [0.4, 0.5) is 0 Å². The highest BCUT2D eigenvalue weighted by Crippen LogP contribution is 2.59. The van der Waals surface area contributed by atoms with Crippen molar-refractivity contribution in [3.63, 3.8) is 0 Å². The number of allylic oxidation sites excluding steroid dienone is 2. The van der Waals surface area contributed by atoms with Gasteiger partial charge in [-0.2, -0.15) is 0 Å². The summed E-state index contributed by atoms with van der Waals surface area (Å²) in [6, 6.07) is 0. The molecule has 0 unspecified atom stereocenters. The second-order valence-corrected chi connectivity index (χ2v) is 6.03. The summed E-state index contributed by atoms with van der Waals surface area (Å²) in [7, 11) is 1.56. The summed E-state index contributed by atoms with van der Waals surface area (Å²) in [6.45, 7) is 4.34. The van der Waals surface area contributed by atoms with Crippen LogP contribution >= 0.6 is 0 Å². The molecule has 18 heavy (non-hydrogen) atoms. The van der Waals surface area contributed by atoms with Gasteiger partial charge in [-0.3, -0.25) is 4.79 Å². The van der Waals surface area contributed by atoms with Gasteiger partial charge < -0.3 is 14.2 Å². The third-order valence-electron chi connectivity index (χ3n) is 4.66. The molecule has 0 bridgehead atoms. The highest BCUT2D eigenvalue weighted by Gasteiger charge is 2.66. The van der Waals surface area contributed by atoms with E-state index in [-0.39, 0.29) is 5.78 Å². The van der Waals surface area contributed by atoms with Gasteiger partial charge in [0.25, 0.3) is 0 Å². The molecule has 0 aromatic carbocycles. The Morgan fingerprint density at radius 2 is 2.11 bits per heavy atom. The first-order chi connectivity index (χ1) is 8.45. The lowest BCUT2D eigenvalue weighted by molar-refractivity contribution is -0.185. The minimum atomic E-state index is -0.590. The Hall–Kier alpha value is -0.870. The summed E-state index contributed by atoms with van der Waals surface area (Å²) < 4.78 is 17.1. The number of hydrogen-bond acceptors (Lipinski definition) is 4. The number of carbonyl (C=O) groups excluding carboxylic acids is 1. The molecule has 4 heteroatoms. The van der Waals surface area contributed by atoms with Crippen LogP contribution in [0.5, 0.6) is 0 Å². The monoisotopic (exact) mass is 252 g/mol. The fraction of sp³-hybridized carbons (Fsp3) is 0.786. The Kier molecular flexibility index (Phi) is 2.42. The third kappa shape index (κ3) is 1.36. The summed E-state index contributed by atoms with van der Waals surface area (Å²) in [5.74, 6) is 0.00126. The zero-order valence-electron chi connectivity index (χ0n) is 11.2. The van der Waals surface area contributed by atoms with E-state index in [0.717, 1.165) is 19.3 Å².